The summed E-state index contributed by atoms with van der Waals surface area (Å²) in [5.41, 5.74) is 2.01. The second-order valence-electron chi connectivity index (χ2n) is 9.06. The largest absolute Gasteiger partial charge is 0.393 e. The molecular weight excluding hydrogens is 434 g/mol. The van der Waals surface area contributed by atoms with Gasteiger partial charge in [-0.25, -0.2) is 0 Å². The molecule has 170 valence electrons. The molecule has 1 aliphatic carbocycles. The van der Waals surface area contributed by atoms with Crippen molar-refractivity contribution in [2.24, 2.45) is 5.92 Å². The number of rotatable bonds is 6. The molecule has 0 spiro atoms. The van der Waals surface area contributed by atoms with Crippen LogP contribution in [0, 0.1) is 11.3 Å². The zero-order valence-corrected chi connectivity index (χ0v) is 18.1. The maximum atomic E-state index is 10.7. The highest BCUT2D eigenvalue weighted by Crippen LogP contribution is 2.50. The fraction of sp³-hybridized carbons (Fsp3) is 0.458. The summed E-state index contributed by atoms with van der Waals surface area (Å²) < 4.78 is 11.7. The first-order valence-electron chi connectivity index (χ1n) is 10.7. The van der Waals surface area contributed by atoms with Crippen molar-refractivity contribution in [1.29, 1.82) is 5.41 Å². The van der Waals surface area contributed by atoms with Crippen LogP contribution in [0.5, 0.6) is 0 Å². The lowest BCUT2D eigenvalue weighted by atomic mass is 9.83. The molecule has 2 aromatic carbocycles. The molecule has 3 fully saturated rings. The van der Waals surface area contributed by atoms with Gasteiger partial charge in [-0.3, -0.25) is 0 Å². The molecule has 2 unspecified atom stereocenters. The van der Waals surface area contributed by atoms with Gasteiger partial charge < -0.3 is 35.3 Å². The predicted molar refractivity (Wildman–Crippen MR) is 117 cm³/mol. The molecule has 0 radical (unpaired) electrons. The highest BCUT2D eigenvalue weighted by atomic mass is 35.5. The average Bonchev–Trinajstić information content (AvgIpc) is 3.51. The quantitative estimate of drug-likeness (QED) is 0.419. The van der Waals surface area contributed by atoms with Gasteiger partial charge in [-0.15, -0.1) is 0 Å². The molecule has 0 amide bonds. The number of fused-ring (bicyclic) bond motifs is 2. The molecule has 2 heterocycles. The number of aliphatic hydroxyl groups is 4. The first-order valence-corrected chi connectivity index (χ1v) is 11.1. The smallest absolute Gasteiger partial charge is 0.225 e. The molecule has 7 nitrogen and oxygen atoms in total. The van der Waals surface area contributed by atoms with Crippen LogP contribution in [0.2, 0.25) is 5.02 Å². The van der Waals surface area contributed by atoms with Crippen molar-refractivity contribution in [2.45, 2.75) is 48.5 Å². The summed E-state index contributed by atoms with van der Waals surface area (Å²) in [4.78, 5) is 0. The Labute approximate surface area is 190 Å². The topological polar surface area (TPSA) is 123 Å². The van der Waals surface area contributed by atoms with Gasteiger partial charge in [-0.1, -0.05) is 41.9 Å². The van der Waals surface area contributed by atoms with Gasteiger partial charge in [0.2, 0.25) is 5.79 Å². The molecular formula is C24H26ClNO6. The van der Waals surface area contributed by atoms with Gasteiger partial charge >= 0.3 is 0 Å². The molecule has 2 aliphatic heterocycles. The number of benzene rings is 2. The van der Waals surface area contributed by atoms with Crippen LogP contribution in [-0.4, -0.2) is 63.8 Å². The number of ether oxygens (including phenoxy) is 2. The zero-order chi connectivity index (χ0) is 22.7. The maximum absolute atomic E-state index is 10.7. The van der Waals surface area contributed by atoms with E-state index >= 15 is 0 Å². The summed E-state index contributed by atoms with van der Waals surface area (Å²) in [6.45, 7) is -0.734. The SMILES string of the molecule is N=CC1CC1c1ccc(Cc2cc([C@]34OC[C@](CO)(O3)[C@@H](O)[C@H](O)[C@H]4O)ccc2Cl)cc1. The molecule has 7 atom stereocenters. The molecule has 32 heavy (non-hydrogen) atoms. The first-order chi connectivity index (χ1) is 15.3. The van der Waals surface area contributed by atoms with Crippen LogP contribution in [0.3, 0.4) is 0 Å². The Morgan fingerprint density at radius 3 is 2.50 bits per heavy atom. The molecule has 0 aromatic heterocycles. The van der Waals surface area contributed by atoms with Gasteiger partial charge in [0, 0.05) is 16.5 Å². The minimum atomic E-state index is -1.71. The number of hydrogen-bond acceptors (Lipinski definition) is 7. The van der Waals surface area contributed by atoms with E-state index in [1.165, 1.54) is 11.8 Å². The van der Waals surface area contributed by atoms with Crippen molar-refractivity contribution >= 4 is 17.8 Å². The fourth-order valence-electron chi connectivity index (χ4n) is 4.89. The van der Waals surface area contributed by atoms with Crippen LogP contribution in [0.15, 0.2) is 42.5 Å². The predicted octanol–water partition coefficient (Wildman–Crippen LogP) is 1.71. The highest BCUT2D eigenvalue weighted by Gasteiger charge is 2.67. The van der Waals surface area contributed by atoms with Gasteiger partial charge in [-0.05, 0) is 53.8 Å². The lowest BCUT2D eigenvalue weighted by molar-refractivity contribution is -0.329. The Hall–Kier alpha value is -1.84. The monoisotopic (exact) mass is 459 g/mol. The molecule has 2 aromatic rings. The van der Waals surface area contributed by atoms with Crippen LogP contribution >= 0.6 is 11.6 Å². The number of hydrogen-bond donors (Lipinski definition) is 5. The normalized spacial score (nSPS) is 38.0. The summed E-state index contributed by atoms with van der Waals surface area (Å²) in [6, 6.07) is 13.4. The Morgan fingerprint density at radius 1 is 1.09 bits per heavy atom. The van der Waals surface area contributed by atoms with Crippen molar-refractivity contribution in [3.63, 3.8) is 0 Å². The van der Waals surface area contributed by atoms with Crippen LogP contribution in [0.25, 0.3) is 0 Å². The lowest BCUT2D eigenvalue weighted by Gasteiger charge is -2.46. The summed E-state index contributed by atoms with van der Waals surface area (Å²) in [5.74, 6) is -0.928. The van der Waals surface area contributed by atoms with Gasteiger partial charge in [0.15, 0.2) is 0 Å². The molecule has 3 aliphatic rings. The van der Waals surface area contributed by atoms with Crippen molar-refractivity contribution in [3.8, 4) is 0 Å². The van der Waals surface area contributed by atoms with E-state index < -0.39 is 36.3 Å². The van der Waals surface area contributed by atoms with Gasteiger partial charge in [-0.2, -0.15) is 0 Å². The summed E-state index contributed by atoms with van der Waals surface area (Å²) in [5, 5.41) is 49.2. The summed E-state index contributed by atoms with van der Waals surface area (Å²) >= 11 is 6.46. The van der Waals surface area contributed by atoms with E-state index in [1.807, 2.05) is 12.1 Å². The Bertz CT molecular complexity index is 1030. The number of halogens is 1. The molecule has 5 N–H and O–H groups in total. The van der Waals surface area contributed by atoms with Crippen molar-refractivity contribution in [2.75, 3.05) is 13.2 Å². The second-order valence-corrected chi connectivity index (χ2v) is 9.47. The molecule has 2 bridgehead atoms. The first kappa shape index (κ1) is 22.0. The Morgan fingerprint density at radius 2 is 1.84 bits per heavy atom. The third-order valence-electron chi connectivity index (χ3n) is 7.03. The maximum Gasteiger partial charge on any atom is 0.225 e. The van der Waals surface area contributed by atoms with Gasteiger partial charge in [0.25, 0.3) is 0 Å². The van der Waals surface area contributed by atoms with E-state index in [4.69, 9.17) is 26.5 Å². The number of nitrogens with one attached hydrogen (secondary N) is 1. The van der Waals surface area contributed by atoms with Gasteiger partial charge in [0.1, 0.15) is 23.9 Å². The van der Waals surface area contributed by atoms with Crippen molar-refractivity contribution in [1.82, 2.24) is 0 Å². The van der Waals surface area contributed by atoms with E-state index in [-0.39, 0.29) is 6.61 Å². The lowest BCUT2D eigenvalue weighted by Crippen LogP contribution is -2.65. The van der Waals surface area contributed by atoms with Crippen molar-refractivity contribution in [3.05, 3.63) is 69.7 Å². The Kier molecular flexibility index (Phi) is 5.41. The summed E-state index contributed by atoms with van der Waals surface area (Å²) in [6.07, 6.45) is -1.50. The van der Waals surface area contributed by atoms with Crippen molar-refractivity contribution < 1.29 is 29.9 Å². The van der Waals surface area contributed by atoms with Gasteiger partial charge in [0.05, 0.1) is 13.2 Å². The van der Waals surface area contributed by atoms with Crippen LogP contribution in [0.1, 0.15) is 34.6 Å². The minimum Gasteiger partial charge on any atom is -0.393 e. The summed E-state index contributed by atoms with van der Waals surface area (Å²) in [7, 11) is 0. The van der Waals surface area contributed by atoms with Crippen LogP contribution in [-0.2, 0) is 21.7 Å². The minimum absolute atomic E-state index is 0.171. The zero-order valence-electron chi connectivity index (χ0n) is 17.3. The fourth-order valence-corrected chi connectivity index (χ4v) is 5.07. The third kappa shape index (κ3) is 3.31. The van der Waals surface area contributed by atoms with E-state index in [9.17, 15) is 20.4 Å². The molecule has 2 saturated heterocycles. The van der Waals surface area contributed by atoms with Crippen LogP contribution in [0.4, 0.5) is 0 Å². The standard InChI is InChI=1S/C24H26ClNO6/c25-19-6-5-17(24-22(30)20(28)21(29)23(11-27,32-24)12-31-24)8-15(19)7-13-1-3-14(4-2-13)18-9-16(18)10-26/h1-6,8,10,16,18,20-22,26-30H,7,9,11-12H2/t16?,18?,20-,21-,22+,23-,24-/m0/s1. The second kappa shape index (κ2) is 7.88. The molecule has 1 saturated carbocycles. The molecule has 5 rings (SSSR count). The number of aliphatic hydroxyl groups excluding tert-OH is 4. The molecule has 8 heteroatoms. The Balaban J connectivity index is 1.42. The van der Waals surface area contributed by atoms with E-state index in [2.05, 4.69) is 12.1 Å². The van der Waals surface area contributed by atoms with E-state index in [0.29, 0.717) is 28.8 Å². The highest BCUT2D eigenvalue weighted by molar-refractivity contribution is 6.31. The average molecular weight is 460 g/mol. The van der Waals surface area contributed by atoms with E-state index in [0.717, 1.165) is 17.5 Å². The van der Waals surface area contributed by atoms with Crippen LogP contribution < -0.4 is 0 Å². The third-order valence-corrected chi connectivity index (χ3v) is 7.40. The van der Waals surface area contributed by atoms with E-state index in [1.54, 1.807) is 18.2 Å².